The molecule has 2 heterocycles. The van der Waals surface area contributed by atoms with Gasteiger partial charge in [-0.2, -0.15) is 11.8 Å². The summed E-state index contributed by atoms with van der Waals surface area (Å²) in [5, 5.41) is 22.8. The van der Waals surface area contributed by atoms with E-state index in [9.17, 15) is 14.9 Å². The molecule has 0 spiro atoms. The van der Waals surface area contributed by atoms with Crippen molar-refractivity contribution in [1.82, 2.24) is 4.98 Å². The third kappa shape index (κ3) is 3.19. The van der Waals surface area contributed by atoms with Gasteiger partial charge in [0.05, 0.1) is 10.5 Å². The number of carboxylic acids is 1. The number of aromatic carboxylic acids is 1. The lowest BCUT2D eigenvalue weighted by Crippen LogP contribution is -2.27. The van der Waals surface area contributed by atoms with Crippen molar-refractivity contribution in [1.29, 1.82) is 0 Å². The largest absolute Gasteiger partial charge is 0.478 e. The van der Waals surface area contributed by atoms with E-state index in [2.05, 4.69) is 17.2 Å². The van der Waals surface area contributed by atoms with Gasteiger partial charge in [-0.1, -0.05) is 0 Å². The van der Waals surface area contributed by atoms with E-state index < -0.39 is 10.9 Å². The molecule has 0 amide bonds. The number of pyridine rings is 1. The zero-order valence-corrected chi connectivity index (χ0v) is 11.8. The van der Waals surface area contributed by atoms with Crippen molar-refractivity contribution < 1.29 is 14.8 Å². The third-order valence-electron chi connectivity index (χ3n) is 3.24. The van der Waals surface area contributed by atoms with Crippen LogP contribution >= 0.6 is 11.8 Å². The van der Waals surface area contributed by atoms with Gasteiger partial charge >= 0.3 is 11.7 Å². The zero-order chi connectivity index (χ0) is 14.8. The van der Waals surface area contributed by atoms with Crippen LogP contribution in [0.25, 0.3) is 0 Å². The van der Waals surface area contributed by atoms with Crippen LogP contribution in [-0.2, 0) is 0 Å². The van der Waals surface area contributed by atoms with Gasteiger partial charge in [-0.3, -0.25) is 10.1 Å². The zero-order valence-electron chi connectivity index (χ0n) is 11.0. The van der Waals surface area contributed by atoms with Crippen molar-refractivity contribution in [2.24, 2.45) is 0 Å². The number of thioether (sulfide) groups is 1. The lowest BCUT2D eigenvalue weighted by atomic mass is 10.1. The van der Waals surface area contributed by atoms with Crippen molar-refractivity contribution in [2.45, 2.75) is 24.5 Å². The molecular weight excluding hydrogens is 282 g/mol. The van der Waals surface area contributed by atoms with Gasteiger partial charge in [-0.05, 0) is 25.5 Å². The van der Waals surface area contributed by atoms with Crippen LogP contribution in [0.1, 0.15) is 30.1 Å². The Bertz CT molecular complexity index is 544. The second-order valence-electron chi connectivity index (χ2n) is 4.91. The minimum atomic E-state index is -1.23. The molecule has 1 saturated heterocycles. The Kier molecular flexibility index (Phi) is 4.12. The highest BCUT2D eigenvalue weighted by molar-refractivity contribution is 8.00. The molecule has 0 aromatic carbocycles. The molecule has 0 aliphatic carbocycles. The van der Waals surface area contributed by atoms with Crippen LogP contribution in [0.4, 0.5) is 11.5 Å². The maximum Gasteiger partial charge on any atom is 0.337 e. The molecule has 0 radical (unpaired) electrons. The lowest BCUT2D eigenvalue weighted by molar-refractivity contribution is -0.384. The Morgan fingerprint density at radius 2 is 2.45 bits per heavy atom. The van der Waals surface area contributed by atoms with Crippen molar-refractivity contribution in [3.8, 4) is 0 Å². The minimum Gasteiger partial charge on any atom is -0.478 e. The Balaban J connectivity index is 2.18. The van der Waals surface area contributed by atoms with E-state index in [0.29, 0.717) is 6.54 Å². The second kappa shape index (κ2) is 5.66. The highest BCUT2D eigenvalue weighted by Crippen LogP contribution is 2.38. The molecule has 8 heteroatoms. The summed E-state index contributed by atoms with van der Waals surface area (Å²) in [6.45, 7) is 2.67. The van der Waals surface area contributed by atoms with Gasteiger partial charge in [0.25, 0.3) is 0 Å². The fraction of sp³-hybridized carbons (Fsp3) is 0.500. The maximum absolute atomic E-state index is 11.0. The van der Waals surface area contributed by atoms with E-state index in [0.717, 1.165) is 30.9 Å². The number of nitrogens with one attached hydrogen (secondary N) is 1. The molecule has 1 aliphatic rings. The average Bonchev–Trinajstić information content (AvgIpc) is 2.83. The van der Waals surface area contributed by atoms with E-state index in [-0.39, 0.29) is 21.8 Å². The van der Waals surface area contributed by atoms with Crippen LogP contribution < -0.4 is 5.32 Å². The van der Waals surface area contributed by atoms with Crippen molar-refractivity contribution in [3.63, 3.8) is 0 Å². The standard InChI is InChI=1S/C12H15N3O4S/c1-12(3-2-4-20-12)7-14-10-9(15(18)19)5-8(6-13-10)11(16)17/h5-6H,2-4,7H2,1H3,(H,13,14)(H,16,17). The Labute approximate surface area is 119 Å². The molecule has 1 atom stereocenters. The number of nitro groups is 1. The SMILES string of the molecule is CC1(CNc2ncc(C(=O)O)cc2[N+](=O)[O-])CCCS1. The highest BCUT2D eigenvalue weighted by atomic mass is 32.2. The number of carbonyl (C=O) groups is 1. The van der Waals surface area contributed by atoms with E-state index in [4.69, 9.17) is 5.11 Å². The van der Waals surface area contributed by atoms with Crippen LogP contribution in [0.15, 0.2) is 12.3 Å². The molecule has 20 heavy (non-hydrogen) atoms. The summed E-state index contributed by atoms with van der Waals surface area (Å²) in [5.74, 6) is -0.0229. The lowest BCUT2D eigenvalue weighted by Gasteiger charge is -2.23. The third-order valence-corrected chi connectivity index (χ3v) is 4.78. The maximum atomic E-state index is 11.0. The molecule has 7 nitrogen and oxygen atoms in total. The summed E-state index contributed by atoms with van der Waals surface area (Å²) in [6.07, 6.45) is 3.31. The molecule has 1 aromatic heterocycles. The van der Waals surface area contributed by atoms with E-state index >= 15 is 0 Å². The van der Waals surface area contributed by atoms with E-state index in [1.807, 2.05) is 11.8 Å². The number of nitrogens with zero attached hydrogens (tertiary/aromatic N) is 2. The van der Waals surface area contributed by atoms with Crippen LogP contribution in [0, 0.1) is 10.1 Å². The summed E-state index contributed by atoms with van der Waals surface area (Å²) in [5.41, 5.74) is -0.500. The topological polar surface area (TPSA) is 105 Å². The Morgan fingerprint density at radius 1 is 1.70 bits per heavy atom. The molecule has 1 unspecified atom stereocenters. The van der Waals surface area contributed by atoms with Gasteiger partial charge in [-0.25, -0.2) is 9.78 Å². The fourth-order valence-corrected chi connectivity index (χ4v) is 3.34. The smallest absolute Gasteiger partial charge is 0.337 e. The van der Waals surface area contributed by atoms with Crippen molar-refractivity contribution >= 4 is 29.2 Å². The van der Waals surface area contributed by atoms with Crippen LogP contribution in [0.3, 0.4) is 0 Å². The number of anilines is 1. The summed E-state index contributed by atoms with van der Waals surface area (Å²) in [4.78, 5) is 25.1. The first-order valence-electron chi connectivity index (χ1n) is 6.17. The van der Waals surface area contributed by atoms with Crippen LogP contribution in [-0.4, -0.2) is 38.0 Å². The minimum absolute atomic E-state index is 0.0427. The van der Waals surface area contributed by atoms with Gasteiger partial charge in [0.2, 0.25) is 5.82 Å². The Morgan fingerprint density at radius 3 is 3.00 bits per heavy atom. The summed E-state index contributed by atoms with van der Waals surface area (Å²) >= 11 is 1.83. The second-order valence-corrected chi connectivity index (χ2v) is 6.59. The molecule has 2 rings (SSSR count). The highest BCUT2D eigenvalue weighted by Gasteiger charge is 2.30. The molecule has 0 saturated carbocycles. The predicted octanol–water partition coefficient (Wildman–Crippen LogP) is 2.39. The summed E-state index contributed by atoms with van der Waals surface area (Å²) in [6, 6.07) is 1.03. The monoisotopic (exact) mass is 297 g/mol. The van der Waals surface area contributed by atoms with Gasteiger partial charge in [-0.15, -0.1) is 0 Å². The molecule has 2 N–H and O–H groups in total. The molecule has 1 aliphatic heterocycles. The Hall–Kier alpha value is -1.83. The van der Waals surface area contributed by atoms with Gasteiger partial charge in [0.1, 0.15) is 0 Å². The first-order chi connectivity index (χ1) is 9.41. The summed E-state index contributed by atoms with van der Waals surface area (Å²) < 4.78 is 0.0427. The van der Waals surface area contributed by atoms with E-state index in [1.165, 1.54) is 0 Å². The average molecular weight is 297 g/mol. The molecule has 1 fully saturated rings. The molecular formula is C12H15N3O4S. The van der Waals surface area contributed by atoms with Gasteiger partial charge in [0, 0.05) is 23.6 Å². The normalized spacial score (nSPS) is 21.6. The fourth-order valence-electron chi connectivity index (χ4n) is 2.09. The van der Waals surface area contributed by atoms with Crippen molar-refractivity contribution in [3.05, 3.63) is 27.9 Å². The number of hydrogen-bond acceptors (Lipinski definition) is 6. The summed E-state index contributed by atoms with van der Waals surface area (Å²) in [7, 11) is 0. The molecule has 0 bridgehead atoms. The van der Waals surface area contributed by atoms with Crippen molar-refractivity contribution in [2.75, 3.05) is 17.6 Å². The molecule has 1 aromatic rings. The van der Waals surface area contributed by atoms with E-state index in [1.54, 1.807) is 0 Å². The number of hydrogen-bond donors (Lipinski definition) is 2. The number of aromatic nitrogens is 1. The number of carboxylic acid groups (broad SMARTS) is 1. The van der Waals surface area contributed by atoms with Gasteiger partial charge in [0.15, 0.2) is 0 Å². The predicted molar refractivity (Wildman–Crippen MR) is 76.4 cm³/mol. The number of rotatable bonds is 5. The quantitative estimate of drug-likeness (QED) is 0.635. The van der Waals surface area contributed by atoms with Gasteiger partial charge < -0.3 is 10.4 Å². The first kappa shape index (κ1) is 14.6. The first-order valence-corrected chi connectivity index (χ1v) is 7.15. The van der Waals surface area contributed by atoms with Crippen LogP contribution in [0.5, 0.6) is 0 Å². The molecule has 108 valence electrons. The van der Waals surface area contributed by atoms with Crippen LogP contribution in [0.2, 0.25) is 0 Å².